The first-order valence-corrected chi connectivity index (χ1v) is 7.06. The van der Waals surface area contributed by atoms with Gasteiger partial charge in [0.1, 0.15) is 16.9 Å². The maximum atomic E-state index is 12.8. The molecule has 0 saturated heterocycles. The molecule has 5 nitrogen and oxygen atoms in total. The topological polar surface area (TPSA) is 71.2 Å². The Kier molecular flexibility index (Phi) is 6.45. The second-order valence-electron chi connectivity index (χ2n) is 4.71. The largest absolute Gasteiger partial charge is 0.462 e. The number of ether oxygens (including phenoxy) is 1. The molecule has 0 radical (unpaired) electrons. The van der Waals surface area contributed by atoms with E-state index < -0.39 is 23.3 Å². The molecule has 1 aromatic heterocycles. The first-order valence-electron chi connectivity index (χ1n) is 7.06. The molecule has 0 atom stereocenters. The van der Waals surface area contributed by atoms with Crippen molar-refractivity contribution in [1.29, 1.82) is 0 Å². The highest BCUT2D eigenvalue weighted by atomic mass is 19.4. The second kappa shape index (κ2) is 7.86. The summed E-state index contributed by atoms with van der Waals surface area (Å²) in [6, 6.07) is 0.533. The minimum absolute atomic E-state index is 0.0543. The van der Waals surface area contributed by atoms with E-state index in [0.717, 1.165) is 6.42 Å². The van der Waals surface area contributed by atoms with Crippen LogP contribution in [0.1, 0.15) is 49.0 Å². The van der Waals surface area contributed by atoms with E-state index >= 15 is 0 Å². The molecule has 0 aromatic carbocycles. The van der Waals surface area contributed by atoms with Gasteiger partial charge in [-0.25, -0.2) is 4.79 Å². The number of H-pyrrole nitrogens is 1. The van der Waals surface area contributed by atoms with E-state index in [0.29, 0.717) is 25.5 Å². The smallest absolute Gasteiger partial charge is 0.421 e. The van der Waals surface area contributed by atoms with Crippen LogP contribution in [0.5, 0.6) is 0 Å². The number of unbranched alkanes of at least 4 members (excludes halogenated alkanes) is 1. The fraction of sp³-hybridized carbons (Fsp3) is 0.571. The number of aromatic nitrogens is 1. The molecule has 0 unspecified atom stereocenters. The molecule has 22 heavy (non-hydrogen) atoms. The summed E-state index contributed by atoms with van der Waals surface area (Å²) < 4.78 is 43.3. The summed E-state index contributed by atoms with van der Waals surface area (Å²) in [5.74, 6) is -0.949. The molecular formula is C14H19F3N2O3. The number of alkyl halides is 3. The number of carbonyl (C=O) groups excluding carboxylic acids is 1. The molecule has 0 fully saturated rings. The van der Waals surface area contributed by atoms with Gasteiger partial charge >= 0.3 is 12.1 Å². The molecule has 0 spiro atoms. The van der Waals surface area contributed by atoms with Crippen molar-refractivity contribution < 1.29 is 22.7 Å². The predicted molar refractivity (Wildman–Crippen MR) is 76.0 cm³/mol. The van der Waals surface area contributed by atoms with Crippen LogP contribution in [0, 0.1) is 0 Å². The van der Waals surface area contributed by atoms with Gasteiger partial charge in [-0.15, -0.1) is 0 Å². The van der Waals surface area contributed by atoms with Crippen LogP contribution in [0.3, 0.4) is 0 Å². The Labute approximate surface area is 125 Å². The summed E-state index contributed by atoms with van der Waals surface area (Å²) in [5.41, 5.74) is -3.04. The lowest BCUT2D eigenvalue weighted by Crippen LogP contribution is -2.25. The van der Waals surface area contributed by atoms with E-state index in [-0.39, 0.29) is 18.0 Å². The number of carbonyl (C=O) groups is 1. The van der Waals surface area contributed by atoms with E-state index in [1.807, 2.05) is 13.8 Å². The normalized spacial score (nSPS) is 11.3. The molecule has 1 heterocycles. The standard InChI is InChI=1S/C14H19F3N2O3/c1-3-5-7-22-13(21)9-8-10(14(15,16)17)12(20)19-11(9)18-6-4-2/h8H,3-7H2,1-2H3,(H2,18,19,20). The third-order valence-electron chi connectivity index (χ3n) is 2.85. The van der Waals surface area contributed by atoms with Gasteiger partial charge in [-0.3, -0.25) is 4.79 Å². The summed E-state index contributed by atoms with van der Waals surface area (Å²) >= 11 is 0. The highest BCUT2D eigenvalue weighted by Gasteiger charge is 2.35. The summed E-state index contributed by atoms with van der Waals surface area (Å²) in [6.45, 7) is 4.25. The van der Waals surface area contributed by atoms with Crippen LogP contribution in [0.25, 0.3) is 0 Å². The second-order valence-corrected chi connectivity index (χ2v) is 4.71. The van der Waals surface area contributed by atoms with Crippen LogP contribution in [-0.4, -0.2) is 24.1 Å². The monoisotopic (exact) mass is 320 g/mol. The number of nitrogens with one attached hydrogen (secondary N) is 2. The number of halogens is 3. The number of anilines is 1. The summed E-state index contributed by atoms with van der Waals surface area (Å²) in [5, 5.41) is 2.73. The zero-order valence-electron chi connectivity index (χ0n) is 12.5. The molecule has 0 bridgehead atoms. The highest BCUT2D eigenvalue weighted by molar-refractivity contribution is 5.94. The Bertz CT molecular complexity index is 567. The summed E-state index contributed by atoms with van der Waals surface area (Å²) in [6.07, 6.45) is -2.77. The summed E-state index contributed by atoms with van der Waals surface area (Å²) in [4.78, 5) is 25.5. The van der Waals surface area contributed by atoms with Gasteiger partial charge in [-0.2, -0.15) is 13.2 Å². The fourth-order valence-corrected chi connectivity index (χ4v) is 1.68. The molecule has 1 rings (SSSR count). The minimum Gasteiger partial charge on any atom is -0.462 e. The first-order chi connectivity index (χ1) is 10.3. The van der Waals surface area contributed by atoms with E-state index in [9.17, 15) is 22.8 Å². The maximum Gasteiger partial charge on any atom is 0.421 e. The van der Waals surface area contributed by atoms with Crippen LogP contribution in [0.15, 0.2) is 10.9 Å². The van der Waals surface area contributed by atoms with Crippen LogP contribution in [0.2, 0.25) is 0 Å². The van der Waals surface area contributed by atoms with Crippen molar-refractivity contribution in [2.45, 2.75) is 39.3 Å². The van der Waals surface area contributed by atoms with E-state index in [2.05, 4.69) is 10.3 Å². The Hall–Kier alpha value is -1.99. The Balaban J connectivity index is 3.18. The molecule has 8 heteroatoms. The Morgan fingerprint density at radius 3 is 2.55 bits per heavy atom. The highest BCUT2D eigenvalue weighted by Crippen LogP contribution is 2.28. The molecule has 0 aliphatic heterocycles. The number of rotatable bonds is 7. The fourth-order valence-electron chi connectivity index (χ4n) is 1.68. The van der Waals surface area contributed by atoms with Crippen molar-refractivity contribution in [3.63, 3.8) is 0 Å². The van der Waals surface area contributed by atoms with Crippen LogP contribution >= 0.6 is 0 Å². The third-order valence-corrected chi connectivity index (χ3v) is 2.85. The van der Waals surface area contributed by atoms with Gasteiger partial charge in [0.2, 0.25) is 0 Å². The van der Waals surface area contributed by atoms with Gasteiger partial charge in [-0.05, 0) is 18.9 Å². The Morgan fingerprint density at radius 2 is 2.00 bits per heavy atom. The number of aromatic amines is 1. The molecule has 0 saturated carbocycles. The number of hydrogen-bond acceptors (Lipinski definition) is 4. The first kappa shape index (κ1) is 18.1. The molecule has 0 aliphatic rings. The van der Waals surface area contributed by atoms with Crippen molar-refractivity contribution in [3.05, 3.63) is 27.5 Å². The van der Waals surface area contributed by atoms with Crippen LogP contribution < -0.4 is 10.9 Å². The van der Waals surface area contributed by atoms with E-state index in [4.69, 9.17) is 4.74 Å². The zero-order chi connectivity index (χ0) is 16.8. The van der Waals surface area contributed by atoms with Gasteiger partial charge in [0.05, 0.1) is 6.61 Å². The molecular weight excluding hydrogens is 301 g/mol. The molecule has 0 amide bonds. The van der Waals surface area contributed by atoms with Crippen molar-refractivity contribution in [2.24, 2.45) is 0 Å². The van der Waals surface area contributed by atoms with Crippen molar-refractivity contribution in [2.75, 3.05) is 18.5 Å². The van der Waals surface area contributed by atoms with Gasteiger partial charge in [0, 0.05) is 6.54 Å². The number of pyridine rings is 1. The lowest BCUT2D eigenvalue weighted by molar-refractivity contribution is -0.138. The molecule has 2 N–H and O–H groups in total. The lowest BCUT2D eigenvalue weighted by Gasteiger charge is -2.13. The van der Waals surface area contributed by atoms with Crippen LogP contribution in [0.4, 0.5) is 19.0 Å². The average Bonchev–Trinajstić information content (AvgIpc) is 2.43. The lowest BCUT2D eigenvalue weighted by atomic mass is 10.1. The molecule has 124 valence electrons. The van der Waals surface area contributed by atoms with Gasteiger partial charge in [0.15, 0.2) is 0 Å². The average molecular weight is 320 g/mol. The van der Waals surface area contributed by atoms with Gasteiger partial charge in [-0.1, -0.05) is 20.3 Å². The van der Waals surface area contributed by atoms with Gasteiger partial charge < -0.3 is 15.0 Å². The number of esters is 1. The van der Waals surface area contributed by atoms with Crippen LogP contribution in [-0.2, 0) is 10.9 Å². The quantitative estimate of drug-likeness (QED) is 0.598. The van der Waals surface area contributed by atoms with Gasteiger partial charge in [0.25, 0.3) is 5.56 Å². The van der Waals surface area contributed by atoms with Crippen molar-refractivity contribution in [3.8, 4) is 0 Å². The number of hydrogen-bond donors (Lipinski definition) is 2. The van der Waals surface area contributed by atoms with E-state index in [1.165, 1.54) is 0 Å². The van der Waals surface area contributed by atoms with Crippen molar-refractivity contribution >= 4 is 11.8 Å². The maximum absolute atomic E-state index is 12.8. The Morgan fingerprint density at radius 1 is 1.32 bits per heavy atom. The third kappa shape index (κ3) is 4.78. The zero-order valence-corrected chi connectivity index (χ0v) is 12.5. The predicted octanol–water partition coefficient (Wildman–Crippen LogP) is 3.17. The minimum atomic E-state index is -4.84. The van der Waals surface area contributed by atoms with Crippen molar-refractivity contribution in [1.82, 2.24) is 4.98 Å². The molecule has 1 aromatic rings. The van der Waals surface area contributed by atoms with E-state index in [1.54, 1.807) is 0 Å². The molecule has 0 aliphatic carbocycles. The SMILES string of the molecule is CCCCOC(=O)c1cc(C(F)(F)F)c(=O)[nH]c1NCCC. The summed E-state index contributed by atoms with van der Waals surface area (Å²) in [7, 11) is 0.